The van der Waals surface area contributed by atoms with Crippen molar-refractivity contribution >= 4 is 11.3 Å². The van der Waals surface area contributed by atoms with Crippen molar-refractivity contribution in [2.75, 3.05) is 13.2 Å². The van der Waals surface area contributed by atoms with Crippen LogP contribution >= 0.6 is 11.3 Å². The third-order valence-corrected chi connectivity index (χ3v) is 3.96. The van der Waals surface area contributed by atoms with Gasteiger partial charge >= 0.3 is 0 Å². The van der Waals surface area contributed by atoms with Gasteiger partial charge in [-0.1, -0.05) is 0 Å². The fourth-order valence-electron chi connectivity index (χ4n) is 2.06. The van der Waals surface area contributed by atoms with E-state index in [1.807, 2.05) is 11.6 Å². The van der Waals surface area contributed by atoms with Crippen LogP contribution in [0.1, 0.15) is 43.7 Å². The molecule has 1 aliphatic rings. The molecule has 0 saturated carbocycles. The molecule has 1 aromatic heterocycles. The Bertz CT molecular complexity index is 283. The zero-order valence-electron chi connectivity index (χ0n) is 9.82. The first-order valence-electron chi connectivity index (χ1n) is 6.10. The lowest BCUT2D eigenvalue weighted by Gasteiger charge is -2.12. The Balaban J connectivity index is 1.57. The second kappa shape index (κ2) is 6.33. The lowest BCUT2D eigenvalue weighted by atomic mass is 10.1. The van der Waals surface area contributed by atoms with E-state index in [9.17, 15) is 0 Å². The molecule has 0 amide bonds. The smallest absolute Gasteiger partial charge is 0.109 e. The highest BCUT2D eigenvalue weighted by atomic mass is 32.1. The molecule has 1 fully saturated rings. The molecule has 2 atom stereocenters. The van der Waals surface area contributed by atoms with Crippen LogP contribution in [0, 0.1) is 0 Å². The van der Waals surface area contributed by atoms with Crippen molar-refractivity contribution in [3.8, 4) is 0 Å². The Morgan fingerprint density at radius 2 is 2.62 bits per heavy atom. The second-order valence-electron chi connectivity index (χ2n) is 4.32. The van der Waals surface area contributed by atoms with Crippen LogP contribution in [0.2, 0.25) is 0 Å². The van der Waals surface area contributed by atoms with Crippen LogP contribution in [0.25, 0.3) is 0 Å². The minimum Gasteiger partial charge on any atom is -0.378 e. The topological polar surface area (TPSA) is 34.1 Å². The molecule has 0 radical (unpaired) electrons. The molecule has 0 spiro atoms. The van der Waals surface area contributed by atoms with Crippen LogP contribution in [0.15, 0.2) is 11.6 Å². The average Bonchev–Trinajstić information content (AvgIpc) is 2.96. The first-order chi connectivity index (χ1) is 7.86. The van der Waals surface area contributed by atoms with Gasteiger partial charge in [0, 0.05) is 18.2 Å². The largest absolute Gasteiger partial charge is 0.378 e. The van der Waals surface area contributed by atoms with Crippen molar-refractivity contribution in [2.45, 2.75) is 44.8 Å². The number of nitrogens with zero attached hydrogens (tertiary/aromatic N) is 1. The summed E-state index contributed by atoms with van der Waals surface area (Å²) in [6.07, 6.45) is 7.27. The maximum atomic E-state index is 5.59. The summed E-state index contributed by atoms with van der Waals surface area (Å²) in [5, 5.41) is 6.71. The fourth-order valence-corrected chi connectivity index (χ4v) is 2.73. The predicted octanol–water partition coefficient (Wildman–Crippen LogP) is 2.75. The molecule has 0 bridgehead atoms. The molecule has 0 aromatic carbocycles. The summed E-state index contributed by atoms with van der Waals surface area (Å²) in [7, 11) is 0. The normalized spacial score (nSPS) is 22.4. The summed E-state index contributed by atoms with van der Waals surface area (Å²) in [4.78, 5) is 4.30. The highest BCUT2D eigenvalue weighted by molar-refractivity contribution is 7.09. The van der Waals surface area contributed by atoms with Crippen molar-refractivity contribution < 1.29 is 4.74 Å². The number of hydrogen-bond acceptors (Lipinski definition) is 4. The van der Waals surface area contributed by atoms with Gasteiger partial charge in [0.05, 0.1) is 12.1 Å². The minimum atomic E-state index is 0.379. The molecule has 2 unspecified atom stereocenters. The highest BCUT2D eigenvalue weighted by Crippen LogP contribution is 2.17. The number of aromatic nitrogens is 1. The van der Waals surface area contributed by atoms with Crippen molar-refractivity contribution in [1.82, 2.24) is 10.3 Å². The van der Waals surface area contributed by atoms with E-state index in [0.29, 0.717) is 12.1 Å². The van der Waals surface area contributed by atoms with E-state index in [0.717, 1.165) is 13.2 Å². The number of hydrogen-bond donors (Lipinski definition) is 1. The van der Waals surface area contributed by atoms with Crippen LogP contribution in [0.5, 0.6) is 0 Å². The first kappa shape index (κ1) is 12.0. The van der Waals surface area contributed by atoms with Crippen LogP contribution in [0.4, 0.5) is 0 Å². The van der Waals surface area contributed by atoms with E-state index >= 15 is 0 Å². The zero-order valence-corrected chi connectivity index (χ0v) is 10.6. The molecular formula is C12H20N2OS. The van der Waals surface area contributed by atoms with Gasteiger partial charge in [-0.05, 0) is 39.2 Å². The lowest BCUT2D eigenvalue weighted by Crippen LogP contribution is -2.20. The maximum Gasteiger partial charge on any atom is 0.109 e. The summed E-state index contributed by atoms with van der Waals surface area (Å²) in [5.74, 6) is 0. The van der Waals surface area contributed by atoms with E-state index < -0.39 is 0 Å². The summed E-state index contributed by atoms with van der Waals surface area (Å²) < 4.78 is 5.59. The molecule has 2 rings (SSSR count). The maximum absolute atomic E-state index is 5.59. The Kier molecular flexibility index (Phi) is 4.75. The molecule has 3 nitrogen and oxygen atoms in total. The van der Waals surface area contributed by atoms with Crippen molar-refractivity contribution in [2.24, 2.45) is 0 Å². The molecule has 1 N–H and O–H groups in total. The van der Waals surface area contributed by atoms with Gasteiger partial charge in [-0.25, -0.2) is 4.98 Å². The second-order valence-corrected chi connectivity index (χ2v) is 5.25. The van der Waals surface area contributed by atoms with E-state index in [1.165, 1.54) is 30.7 Å². The average molecular weight is 240 g/mol. The van der Waals surface area contributed by atoms with Gasteiger partial charge < -0.3 is 10.1 Å². The molecule has 1 aliphatic heterocycles. The molecule has 0 aliphatic carbocycles. The third-order valence-electron chi connectivity index (χ3n) is 3.00. The van der Waals surface area contributed by atoms with Crippen molar-refractivity contribution in [3.05, 3.63) is 16.6 Å². The molecule has 4 heteroatoms. The van der Waals surface area contributed by atoms with Crippen LogP contribution < -0.4 is 5.32 Å². The van der Waals surface area contributed by atoms with Crippen molar-refractivity contribution in [3.63, 3.8) is 0 Å². The number of rotatable bonds is 6. The Labute approximate surface area is 101 Å². The zero-order chi connectivity index (χ0) is 11.2. The van der Waals surface area contributed by atoms with Crippen LogP contribution in [-0.2, 0) is 4.74 Å². The molecule has 16 heavy (non-hydrogen) atoms. The summed E-state index contributed by atoms with van der Waals surface area (Å²) in [6, 6.07) is 0.379. The monoisotopic (exact) mass is 240 g/mol. The quantitative estimate of drug-likeness (QED) is 0.776. The van der Waals surface area contributed by atoms with Gasteiger partial charge in [0.1, 0.15) is 5.01 Å². The molecule has 2 heterocycles. The van der Waals surface area contributed by atoms with Crippen molar-refractivity contribution in [1.29, 1.82) is 0 Å². The minimum absolute atomic E-state index is 0.379. The molecule has 90 valence electrons. The summed E-state index contributed by atoms with van der Waals surface area (Å²) >= 11 is 1.72. The van der Waals surface area contributed by atoms with Crippen LogP contribution in [0.3, 0.4) is 0 Å². The van der Waals surface area contributed by atoms with Crippen LogP contribution in [-0.4, -0.2) is 24.2 Å². The Morgan fingerprint density at radius 1 is 1.69 bits per heavy atom. The van der Waals surface area contributed by atoms with E-state index in [4.69, 9.17) is 4.74 Å². The standard InChI is InChI=1S/C12H20N2OS/c1-10(12-14-7-9-16-12)13-6-2-4-11-5-3-8-15-11/h7,9-11,13H,2-6,8H2,1H3. The van der Waals surface area contributed by atoms with Gasteiger partial charge in [0.15, 0.2) is 0 Å². The summed E-state index contributed by atoms with van der Waals surface area (Å²) in [5.41, 5.74) is 0. The number of thiazole rings is 1. The van der Waals surface area contributed by atoms with Gasteiger partial charge in [-0.15, -0.1) is 11.3 Å². The fraction of sp³-hybridized carbons (Fsp3) is 0.750. The van der Waals surface area contributed by atoms with Gasteiger partial charge in [0.2, 0.25) is 0 Å². The number of nitrogens with one attached hydrogen (secondary N) is 1. The molecule has 1 aromatic rings. The van der Waals surface area contributed by atoms with E-state index in [-0.39, 0.29) is 0 Å². The van der Waals surface area contributed by atoms with E-state index in [1.54, 1.807) is 11.3 Å². The van der Waals surface area contributed by atoms with E-state index in [2.05, 4.69) is 17.2 Å². The third kappa shape index (κ3) is 3.54. The van der Waals surface area contributed by atoms with Gasteiger partial charge in [-0.3, -0.25) is 0 Å². The molecular weight excluding hydrogens is 220 g/mol. The Morgan fingerprint density at radius 3 is 3.31 bits per heavy atom. The number of ether oxygens (including phenoxy) is 1. The Hall–Kier alpha value is -0.450. The van der Waals surface area contributed by atoms with Gasteiger partial charge in [-0.2, -0.15) is 0 Å². The first-order valence-corrected chi connectivity index (χ1v) is 6.98. The highest BCUT2D eigenvalue weighted by Gasteiger charge is 2.14. The predicted molar refractivity (Wildman–Crippen MR) is 66.7 cm³/mol. The SMILES string of the molecule is CC(NCCCC1CCCO1)c1nccs1. The lowest BCUT2D eigenvalue weighted by molar-refractivity contribution is 0.102. The summed E-state index contributed by atoms with van der Waals surface area (Å²) in [6.45, 7) is 4.19. The van der Waals surface area contributed by atoms with Gasteiger partial charge in [0.25, 0.3) is 0 Å². The molecule has 1 saturated heterocycles.